The number of carbonyl (C=O) groups is 1. The van der Waals surface area contributed by atoms with Crippen LogP contribution in [0.1, 0.15) is 12.1 Å². The zero-order valence-electron chi connectivity index (χ0n) is 7.65. The van der Waals surface area contributed by atoms with E-state index in [2.05, 4.69) is 5.10 Å². The van der Waals surface area contributed by atoms with Gasteiger partial charge in [0.2, 0.25) is 0 Å². The summed E-state index contributed by atoms with van der Waals surface area (Å²) in [6, 6.07) is 1.82. The summed E-state index contributed by atoms with van der Waals surface area (Å²) in [7, 11) is 1.79. The van der Waals surface area contributed by atoms with Crippen LogP contribution in [0.4, 0.5) is 5.82 Å². The van der Waals surface area contributed by atoms with E-state index in [1.54, 1.807) is 11.7 Å². The standard InChI is InChI=1S/C8H11N3O2/c1-6-5-7(10(2)9-6)11-8(12)3-4-13-11/h5H,3-4H2,1-2H3. The molecule has 0 unspecified atom stereocenters. The first-order chi connectivity index (χ1) is 6.18. The molecule has 13 heavy (non-hydrogen) atoms. The second-order valence-corrected chi connectivity index (χ2v) is 3.04. The maximum atomic E-state index is 11.3. The summed E-state index contributed by atoms with van der Waals surface area (Å²) < 4.78 is 1.64. The van der Waals surface area contributed by atoms with Crippen LogP contribution in [-0.2, 0) is 16.7 Å². The van der Waals surface area contributed by atoms with Crippen LogP contribution in [0.15, 0.2) is 6.07 Å². The first-order valence-electron chi connectivity index (χ1n) is 4.15. The van der Waals surface area contributed by atoms with Crippen molar-refractivity contribution in [3.05, 3.63) is 11.8 Å². The fourth-order valence-electron chi connectivity index (χ4n) is 1.38. The number of hydroxylamine groups is 1. The number of anilines is 1. The van der Waals surface area contributed by atoms with E-state index in [1.165, 1.54) is 5.06 Å². The summed E-state index contributed by atoms with van der Waals surface area (Å²) in [5, 5.41) is 5.44. The lowest BCUT2D eigenvalue weighted by Crippen LogP contribution is -2.24. The first kappa shape index (κ1) is 8.25. The monoisotopic (exact) mass is 181 g/mol. The van der Waals surface area contributed by atoms with Crippen molar-refractivity contribution in [3.63, 3.8) is 0 Å². The molecule has 0 aromatic carbocycles. The number of carbonyl (C=O) groups excluding carboxylic acids is 1. The van der Waals surface area contributed by atoms with Gasteiger partial charge in [-0.05, 0) is 6.92 Å². The molecule has 0 spiro atoms. The highest BCUT2D eigenvalue weighted by molar-refractivity contribution is 5.92. The Morgan fingerprint density at radius 3 is 2.85 bits per heavy atom. The van der Waals surface area contributed by atoms with Gasteiger partial charge in [-0.25, -0.2) is 0 Å². The van der Waals surface area contributed by atoms with E-state index in [1.807, 2.05) is 13.0 Å². The van der Waals surface area contributed by atoms with Crippen molar-refractivity contribution in [2.45, 2.75) is 13.3 Å². The van der Waals surface area contributed by atoms with Crippen molar-refractivity contribution in [1.29, 1.82) is 0 Å². The van der Waals surface area contributed by atoms with Crippen molar-refractivity contribution < 1.29 is 9.63 Å². The van der Waals surface area contributed by atoms with Gasteiger partial charge in [0.1, 0.15) is 0 Å². The fraction of sp³-hybridized carbons (Fsp3) is 0.500. The number of amides is 1. The Balaban J connectivity index is 2.34. The quantitative estimate of drug-likeness (QED) is 0.630. The predicted octanol–water partition coefficient (Wildman–Crippen LogP) is 0.397. The Hall–Kier alpha value is -1.36. The SMILES string of the molecule is Cc1cc(N2OCCC2=O)n(C)n1. The van der Waals surface area contributed by atoms with Gasteiger partial charge in [0.25, 0.3) is 5.91 Å². The molecule has 5 nitrogen and oxygen atoms in total. The summed E-state index contributed by atoms with van der Waals surface area (Å²) in [6.45, 7) is 2.34. The van der Waals surface area contributed by atoms with Crippen molar-refractivity contribution in [2.75, 3.05) is 11.7 Å². The van der Waals surface area contributed by atoms with E-state index in [-0.39, 0.29) is 5.91 Å². The summed E-state index contributed by atoms with van der Waals surface area (Å²) in [4.78, 5) is 16.5. The van der Waals surface area contributed by atoms with Crippen LogP contribution in [0.2, 0.25) is 0 Å². The van der Waals surface area contributed by atoms with Gasteiger partial charge in [-0.1, -0.05) is 0 Å². The van der Waals surface area contributed by atoms with Gasteiger partial charge >= 0.3 is 0 Å². The Morgan fingerprint density at radius 2 is 2.38 bits per heavy atom. The molecule has 2 heterocycles. The highest BCUT2D eigenvalue weighted by Gasteiger charge is 2.25. The number of rotatable bonds is 1. The third-order valence-corrected chi connectivity index (χ3v) is 1.95. The number of nitrogens with zero attached hydrogens (tertiary/aromatic N) is 3. The number of aromatic nitrogens is 2. The maximum Gasteiger partial charge on any atom is 0.254 e. The lowest BCUT2D eigenvalue weighted by molar-refractivity contribution is -0.119. The minimum absolute atomic E-state index is 0.0111. The van der Waals surface area contributed by atoms with Crippen LogP contribution in [0.25, 0.3) is 0 Å². The Morgan fingerprint density at radius 1 is 1.62 bits per heavy atom. The van der Waals surface area contributed by atoms with Crippen LogP contribution in [0.5, 0.6) is 0 Å². The minimum Gasteiger partial charge on any atom is -0.272 e. The van der Waals surface area contributed by atoms with Gasteiger partial charge in [0.05, 0.1) is 18.7 Å². The summed E-state index contributed by atoms with van der Waals surface area (Å²) in [5.41, 5.74) is 0.876. The zero-order chi connectivity index (χ0) is 9.42. The van der Waals surface area contributed by atoms with Gasteiger partial charge in [-0.3, -0.25) is 14.3 Å². The van der Waals surface area contributed by atoms with Crippen LogP contribution >= 0.6 is 0 Å². The Labute approximate surface area is 75.8 Å². The van der Waals surface area contributed by atoms with Crippen molar-refractivity contribution in [3.8, 4) is 0 Å². The predicted molar refractivity (Wildman–Crippen MR) is 46.0 cm³/mol. The molecule has 70 valence electrons. The highest BCUT2D eigenvalue weighted by atomic mass is 16.7. The summed E-state index contributed by atoms with van der Waals surface area (Å²) in [6.07, 6.45) is 0.449. The molecule has 1 aromatic heterocycles. The van der Waals surface area contributed by atoms with E-state index >= 15 is 0 Å². The topological polar surface area (TPSA) is 47.4 Å². The van der Waals surface area contributed by atoms with Crippen molar-refractivity contribution in [1.82, 2.24) is 9.78 Å². The van der Waals surface area contributed by atoms with Crippen LogP contribution < -0.4 is 5.06 Å². The molecule has 0 N–H and O–H groups in total. The third-order valence-electron chi connectivity index (χ3n) is 1.95. The Kier molecular flexibility index (Phi) is 1.81. The first-order valence-corrected chi connectivity index (χ1v) is 4.15. The molecule has 1 aliphatic heterocycles. The van der Waals surface area contributed by atoms with Crippen molar-refractivity contribution in [2.24, 2.45) is 7.05 Å². The lowest BCUT2D eigenvalue weighted by atomic mass is 10.4. The molecule has 1 fully saturated rings. The molecule has 1 saturated heterocycles. The van der Waals surface area contributed by atoms with E-state index in [0.717, 1.165) is 5.69 Å². The summed E-state index contributed by atoms with van der Waals surface area (Å²) >= 11 is 0. The molecular weight excluding hydrogens is 170 g/mol. The smallest absolute Gasteiger partial charge is 0.254 e. The molecule has 1 amide bonds. The molecule has 0 atom stereocenters. The van der Waals surface area contributed by atoms with Gasteiger partial charge in [0.15, 0.2) is 5.82 Å². The molecule has 0 bridgehead atoms. The molecule has 0 saturated carbocycles. The number of hydrogen-bond donors (Lipinski definition) is 0. The third kappa shape index (κ3) is 1.31. The van der Waals surface area contributed by atoms with E-state index in [4.69, 9.17) is 4.84 Å². The highest BCUT2D eigenvalue weighted by Crippen LogP contribution is 2.19. The second kappa shape index (κ2) is 2.85. The average molecular weight is 181 g/mol. The zero-order valence-corrected chi connectivity index (χ0v) is 7.65. The number of hydrogen-bond acceptors (Lipinski definition) is 3. The van der Waals surface area contributed by atoms with Gasteiger partial charge < -0.3 is 0 Å². The molecule has 0 radical (unpaired) electrons. The van der Waals surface area contributed by atoms with Gasteiger partial charge in [-0.2, -0.15) is 10.2 Å². The Bertz CT molecular complexity index is 345. The second-order valence-electron chi connectivity index (χ2n) is 3.04. The van der Waals surface area contributed by atoms with Crippen LogP contribution in [0.3, 0.4) is 0 Å². The molecule has 2 rings (SSSR count). The minimum atomic E-state index is -0.0111. The van der Waals surface area contributed by atoms with Gasteiger partial charge in [-0.15, -0.1) is 0 Å². The average Bonchev–Trinajstić information content (AvgIpc) is 2.58. The van der Waals surface area contributed by atoms with E-state index < -0.39 is 0 Å². The van der Waals surface area contributed by atoms with Crippen LogP contribution in [0, 0.1) is 6.92 Å². The molecule has 1 aliphatic rings. The van der Waals surface area contributed by atoms with Crippen molar-refractivity contribution >= 4 is 11.7 Å². The van der Waals surface area contributed by atoms with E-state index in [0.29, 0.717) is 18.8 Å². The normalized spacial score (nSPS) is 17.1. The fourth-order valence-corrected chi connectivity index (χ4v) is 1.38. The lowest BCUT2D eigenvalue weighted by Gasteiger charge is -2.12. The largest absolute Gasteiger partial charge is 0.272 e. The summed E-state index contributed by atoms with van der Waals surface area (Å²) in [5.74, 6) is 0.683. The maximum absolute atomic E-state index is 11.3. The molecular formula is C8H11N3O2. The van der Waals surface area contributed by atoms with Crippen LogP contribution in [-0.4, -0.2) is 22.3 Å². The molecule has 5 heteroatoms. The molecule has 0 aliphatic carbocycles. The molecule has 1 aromatic rings. The van der Waals surface area contributed by atoms with E-state index in [9.17, 15) is 4.79 Å². The number of aryl methyl sites for hydroxylation is 2. The van der Waals surface area contributed by atoms with Gasteiger partial charge in [0, 0.05) is 13.1 Å².